The highest BCUT2D eigenvalue weighted by Gasteiger charge is 2.30. The van der Waals surface area contributed by atoms with Gasteiger partial charge in [0.25, 0.3) is 0 Å². The summed E-state index contributed by atoms with van der Waals surface area (Å²) in [5, 5.41) is 9.52. The van der Waals surface area contributed by atoms with Crippen LogP contribution in [0.1, 0.15) is 24.1 Å². The van der Waals surface area contributed by atoms with Crippen LogP contribution in [0.25, 0.3) is 12.2 Å². The van der Waals surface area contributed by atoms with E-state index in [4.69, 9.17) is 9.15 Å². The number of rotatable bonds is 7. The molecule has 170 valence electrons. The number of hydrogen-bond donors (Lipinski definition) is 0. The first-order valence-electron chi connectivity index (χ1n) is 10.6. The highest BCUT2D eigenvalue weighted by molar-refractivity contribution is 7.89. The van der Waals surface area contributed by atoms with E-state index in [1.54, 1.807) is 36.4 Å². The molecule has 2 aromatic carbocycles. The third kappa shape index (κ3) is 5.08. The second-order valence-electron chi connectivity index (χ2n) is 7.36. The first kappa shape index (κ1) is 22.6. The maximum atomic E-state index is 12.8. The third-order valence-corrected chi connectivity index (χ3v) is 7.16. The fourth-order valence-electron chi connectivity index (χ4n) is 3.57. The minimum atomic E-state index is -3.55. The molecular weight excluding hydrogens is 440 g/mol. The zero-order valence-corrected chi connectivity index (χ0v) is 19.0. The van der Waals surface area contributed by atoms with Crippen molar-refractivity contribution in [2.45, 2.75) is 11.8 Å². The second-order valence-corrected chi connectivity index (χ2v) is 9.30. The van der Waals surface area contributed by atoms with Gasteiger partial charge in [-0.05, 0) is 42.8 Å². The number of nitriles is 1. The van der Waals surface area contributed by atoms with Crippen molar-refractivity contribution in [1.82, 2.24) is 9.29 Å². The Kier molecular flexibility index (Phi) is 6.77. The van der Waals surface area contributed by atoms with E-state index < -0.39 is 10.0 Å². The second kappa shape index (κ2) is 9.90. The molecule has 8 nitrogen and oxygen atoms in total. The van der Waals surface area contributed by atoms with Crippen molar-refractivity contribution in [3.63, 3.8) is 0 Å². The highest BCUT2D eigenvalue weighted by Crippen LogP contribution is 2.26. The van der Waals surface area contributed by atoms with Crippen molar-refractivity contribution in [2.75, 3.05) is 37.7 Å². The van der Waals surface area contributed by atoms with Crippen LogP contribution >= 0.6 is 0 Å². The van der Waals surface area contributed by atoms with E-state index in [2.05, 4.69) is 11.1 Å². The molecule has 0 unspecified atom stereocenters. The fraction of sp³-hybridized carbons (Fsp3) is 0.250. The molecule has 4 rings (SSSR count). The Labute approximate surface area is 193 Å². The molecular formula is C24H24N4O4S. The van der Waals surface area contributed by atoms with Gasteiger partial charge in [-0.3, -0.25) is 0 Å². The maximum absolute atomic E-state index is 12.8. The standard InChI is InChI=1S/C24H24N4O4S/c1-2-31-20-11-8-19(9-12-20)10-13-23-26-22(18-25)24(32-23)27-14-16-28(17-15-27)33(29,30)21-6-4-3-5-7-21/h3-13H,2,14-17H2,1H3/b13-10+. The molecule has 0 N–H and O–H groups in total. The average molecular weight is 465 g/mol. The average Bonchev–Trinajstić information content (AvgIpc) is 3.28. The number of oxazole rings is 1. The lowest BCUT2D eigenvalue weighted by Gasteiger charge is -2.33. The molecule has 0 bridgehead atoms. The van der Waals surface area contributed by atoms with E-state index in [9.17, 15) is 13.7 Å². The molecule has 0 amide bonds. The summed E-state index contributed by atoms with van der Waals surface area (Å²) in [6, 6.07) is 18.1. The molecule has 1 fully saturated rings. The Morgan fingerprint density at radius 1 is 1.06 bits per heavy atom. The zero-order chi connectivity index (χ0) is 23.3. The summed E-state index contributed by atoms with van der Waals surface area (Å²) in [6.07, 6.45) is 3.55. The molecule has 2 heterocycles. The van der Waals surface area contributed by atoms with Gasteiger partial charge in [0.15, 0.2) is 0 Å². The number of anilines is 1. The summed E-state index contributed by atoms with van der Waals surface area (Å²) in [5.41, 5.74) is 1.12. The summed E-state index contributed by atoms with van der Waals surface area (Å²) < 4.78 is 38.4. The van der Waals surface area contributed by atoms with Gasteiger partial charge >= 0.3 is 0 Å². The lowest BCUT2D eigenvalue weighted by molar-refractivity contribution is 0.340. The quantitative estimate of drug-likeness (QED) is 0.526. The molecule has 0 saturated carbocycles. The van der Waals surface area contributed by atoms with E-state index in [0.29, 0.717) is 44.6 Å². The van der Waals surface area contributed by atoms with Gasteiger partial charge in [0.05, 0.1) is 11.5 Å². The van der Waals surface area contributed by atoms with Crippen LogP contribution in [0.5, 0.6) is 5.75 Å². The van der Waals surface area contributed by atoms with Crippen molar-refractivity contribution < 1.29 is 17.6 Å². The molecule has 1 aliphatic rings. The van der Waals surface area contributed by atoms with Crippen LogP contribution < -0.4 is 9.64 Å². The molecule has 1 aliphatic heterocycles. The molecule has 0 radical (unpaired) electrons. The van der Waals surface area contributed by atoms with Crippen LogP contribution in [0.4, 0.5) is 5.88 Å². The van der Waals surface area contributed by atoms with Crippen molar-refractivity contribution in [3.05, 3.63) is 71.7 Å². The number of nitrogens with zero attached hydrogens (tertiary/aromatic N) is 4. The Balaban J connectivity index is 1.44. The van der Waals surface area contributed by atoms with E-state index in [1.165, 1.54) is 4.31 Å². The molecule has 3 aromatic rings. The first-order valence-corrected chi connectivity index (χ1v) is 12.1. The summed E-state index contributed by atoms with van der Waals surface area (Å²) in [5.74, 6) is 1.48. The van der Waals surface area contributed by atoms with Gasteiger partial charge in [-0.2, -0.15) is 14.6 Å². The van der Waals surface area contributed by atoms with Crippen LogP contribution in [-0.4, -0.2) is 50.5 Å². The summed E-state index contributed by atoms with van der Waals surface area (Å²) in [6.45, 7) is 3.93. The van der Waals surface area contributed by atoms with E-state index >= 15 is 0 Å². The summed E-state index contributed by atoms with van der Waals surface area (Å²) in [4.78, 5) is 6.40. The normalized spacial score (nSPS) is 15.0. The number of sulfonamides is 1. The van der Waals surface area contributed by atoms with Gasteiger partial charge in [-0.25, -0.2) is 8.42 Å². The van der Waals surface area contributed by atoms with Gasteiger partial charge in [-0.15, -0.1) is 0 Å². The predicted molar refractivity (Wildman–Crippen MR) is 125 cm³/mol. The van der Waals surface area contributed by atoms with E-state index in [0.717, 1.165) is 11.3 Å². The van der Waals surface area contributed by atoms with Crippen LogP contribution in [0, 0.1) is 11.3 Å². The lowest BCUT2D eigenvalue weighted by Crippen LogP contribution is -2.48. The molecule has 0 atom stereocenters. The van der Waals surface area contributed by atoms with Crippen molar-refractivity contribution in [3.8, 4) is 11.8 Å². The Hall–Kier alpha value is -3.61. The number of hydrogen-bond acceptors (Lipinski definition) is 7. The van der Waals surface area contributed by atoms with Crippen molar-refractivity contribution in [2.24, 2.45) is 0 Å². The number of piperazine rings is 1. The van der Waals surface area contributed by atoms with Crippen LogP contribution in [0.2, 0.25) is 0 Å². The monoisotopic (exact) mass is 464 g/mol. The summed E-state index contributed by atoms with van der Waals surface area (Å²) in [7, 11) is -3.55. The molecule has 1 saturated heterocycles. The molecule has 33 heavy (non-hydrogen) atoms. The van der Waals surface area contributed by atoms with Gasteiger partial charge in [0.1, 0.15) is 11.8 Å². The van der Waals surface area contributed by atoms with E-state index in [1.807, 2.05) is 42.2 Å². The molecule has 1 aromatic heterocycles. The van der Waals surface area contributed by atoms with Crippen LogP contribution in [-0.2, 0) is 10.0 Å². The Morgan fingerprint density at radius 2 is 1.76 bits per heavy atom. The molecule has 0 aliphatic carbocycles. The van der Waals surface area contributed by atoms with Gasteiger partial charge < -0.3 is 14.1 Å². The largest absolute Gasteiger partial charge is 0.494 e. The highest BCUT2D eigenvalue weighted by atomic mass is 32.2. The van der Waals surface area contributed by atoms with E-state index in [-0.39, 0.29) is 10.6 Å². The minimum Gasteiger partial charge on any atom is -0.494 e. The SMILES string of the molecule is CCOc1ccc(/C=C/c2nc(C#N)c(N3CCN(S(=O)(=O)c4ccccc4)CC3)o2)cc1. The van der Waals surface area contributed by atoms with Crippen LogP contribution in [0.3, 0.4) is 0 Å². The summed E-state index contributed by atoms with van der Waals surface area (Å²) >= 11 is 0. The number of benzene rings is 2. The van der Waals surface area contributed by atoms with Crippen LogP contribution in [0.15, 0.2) is 63.9 Å². The first-order chi connectivity index (χ1) is 16.0. The lowest BCUT2D eigenvalue weighted by atomic mass is 10.2. The van der Waals surface area contributed by atoms with Gasteiger partial charge in [0, 0.05) is 32.3 Å². The molecule has 9 heteroatoms. The Bertz CT molecular complexity index is 1250. The zero-order valence-electron chi connectivity index (χ0n) is 18.2. The topological polar surface area (TPSA) is 99.7 Å². The number of ether oxygens (including phenoxy) is 1. The smallest absolute Gasteiger partial charge is 0.243 e. The van der Waals surface area contributed by atoms with Gasteiger partial charge in [-0.1, -0.05) is 30.3 Å². The maximum Gasteiger partial charge on any atom is 0.243 e. The minimum absolute atomic E-state index is 0.181. The third-order valence-electron chi connectivity index (χ3n) is 5.25. The predicted octanol–water partition coefficient (Wildman–Crippen LogP) is 3.63. The molecule has 0 spiro atoms. The fourth-order valence-corrected chi connectivity index (χ4v) is 5.01. The van der Waals surface area contributed by atoms with Crippen molar-refractivity contribution >= 4 is 28.1 Å². The number of aromatic nitrogens is 1. The van der Waals surface area contributed by atoms with Crippen molar-refractivity contribution in [1.29, 1.82) is 5.26 Å². The Morgan fingerprint density at radius 3 is 2.39 bits per heavy atom. The van der Waals surface area contributed by atoms with Gasteiger partial charge in [0.2, 0.25) is 27.5 Å².